The smallest absolute Gasteiger partial charge is 0.142 e. The first kappa shape index (κ1) is 27.0. The topological polar surface area (TPSA) is 0 Å². The predicted octanol–water partition coefficient (Wildman–Crippen LogP) is 9.54. The molecule has 0 saturated carbocycles. The lowest BCUT2D eigenvalue weighted by atomic mass is 9.97. The van der Waals surface area contributed by atoms with Crippen LogP contribution in [0.2, 0.25) is 13.1 Å². The quantitative estimate of drug-likeness (QED) is 0.0855. The first-order valence-corrected chi connectivity index (χ1v) is 19.7. The second-order valence-corrected chi connectivity index (χ2v) is 18.9. The van der Waals surface area contributed by atoms with Crippen LogP contribution in [0.15, 0.2) is 129 Å². The van der Waals surface area contributed by atoms with E-state index in [9.17, 15) is 0 Å². The lowest BCUT2D eigenvalue weighted by molar-refractivity contribution is 1.02. The van der Waals surface area contributed by atoms with Crippen LogP contribution in [0.4, 0.5) is 0 Å². The highest BCUT2D eigenvalue weighted by atomic mass is 32.2. The summed E-state index contributed by atoms with van der Waals surface area (Å²) in [5.74, 6) is 0. The second kappa shape index (κ2) is 10.4. The summed E-state index contributed by atoms with van der Waals surface area (Å²) in [4.78, 5) is 4.87. The van der Waals surface area contributed by atoms with Gasteiger partial charge in [0.2, 0.25) is 0 Å². The van der Waals surface area contributed by atoms with Gasteiger partial charge in [0.15, 0.2) is 4.90 Å². The summed E-state index contributed by atoms with van der Waals surface area (Å²) in [6.45, 7) is 5.00. The van der Waals surface area contributed by atoms with Crippen LogP contribution in [0, 0.1) is 0 Å². The van der Waals surface area contributed by atoms with E-state index in [2.05, 4.69) is 129 Å². The lowest BCUT2D eigenvalue weighted by Crippen LogP contribution is -2.53. The molecule has 6 aromatic rings. The number of benzene rings is 6. The summed E-state index contributed by atoms with van der Waals surface area (Å²) in [5.41, 5.74) is 0. The molecule has 7 rings (SSSR count). The largest absolute Gasteiger partial charge is 0.175 e. The van der Waals surface area contributed by atoms with Crippen LogP contribution in [-0.2, 0) is 10.9 Å². The number of allylic oxidation sites excluding steroid dienone is 4. The zero-order chi connectivity index (χ0) is 28.3. The van der Waals surface area contributed by atoms with Crippen LogP contribution in [0.3, 0.4) is 0 Å². The van der Waals surface area contributed by atoms with E-state index in [1.165, 1.54) is 58.4 Å². The Bertz CT molecular complexity index is 2050. The molecule has 0 aliphatic heterocycles. The molecule has 0 N–H and O–H groups in total. The van der Waals surface area contributed by atoms with E-state index in [0.29, 0.717) is 0 Å². The second-order valence-electron chi connectivity index (χ2n) is 11.6. The number of rotatable bonds is 4. The summed E-state index contributed by atoms with van der Waals surface area (Å²) in [7, 11) is -2.13. The third-order valence-corrected chi connectivity index (χ3v) is 15.4. The summed E-state index contributed by atoms with van der Waals surface area (Å²) >= 11 is 9.58. The van der Waals surface area contributed by atoms with Gasteiger partial charge < -0.3 is 0 Å². The van der Waals surface area contributed by atoms with Crippen molar-refractivity contribution in [2.75, 3.05) is 6.26 Å². The van der Waals surface area contributed by atoms with Gasteiger partial charge >= 0.3 is 0 Å². The molecule has 202 valence electrons. The van der Waals surface area contributed by atoms with Crippen molar-refractivity contribution in [3.63, 3.8) is 0 Å². The summed E-state index contributed by atoms with van der Waals surface area (Å²) in [6, 6.07) is 34.3. The first-order chi connectivity index (χ1) is 19.8. The van der Waals surface area contributed by atoms with Crippen molar-refractivity contribution in [2.24, 2.45) is 0 Å². The Kier molecular flexibility index (Phi) is 6.86. The average molecular weight is 602 g/mol. The third kappa shape index (κ3) is 4.56. The molecule has 0 aromatic heterocycles. The van der Waals surface area contributed by atoms with E-state index in [0.717, 1.165) is 22.6 Å². The van der Waals surface area contributed by atoms with Crippen LogP contribution in [0.5, 0.6) is 0 Å². The van der Waals surface area contributed by atoms with Gasteiger partial charge in [-0.15, -0.1) is 25.3 Å². The molecular formula is C37H33S3Si+. The SMILES string of the molecule is C[S+](C1=CC=CCC1)c1c2ccccc2cc2cc3cc4cc(S)c(S)cc4c([Si](C)(C)c4ccccc4)c3cc12. The molecule has 1 unspecified atom stereocenters. The fourth-order valence-corrected chi connectivity index (χ4v) is 12.1. The van der Waals surface area contributed by atoms with Gasteiger partial charge in [0.25, 0.3) is 0 Å². The van der Waals surface area contributed by atoms with Gasteiger partial charge in [-0.1, -0.05) is 79.0 Å². The fraction of sp³-hybridized carbons (Fsp3) is 0.135. The molecule has 4 heteroatoms. The Balaban J connectivity index is 1.64. The van der Waals surface area contributed by atoms with Crippen molar-refractivity contribution >= 4 is 97.7 Å². The number of hydrogen-bond acceptors (Lipinski definition) is 2. The molecule has 0 amide bonds. The summed E-state index contributed by atoms with van der Waals surface area (Å²) < 4.78 is 0. The summed E-state index contributed by atoms with van der Waals surface area (Å²) in [6.07, 6.45) is 11.6. The standard InChI is InChI=1S/C37H32S3Si/c1-40(28-13-6-4-7-14-28)36-30-17-11-10-12-24(30)18-25-19-26-20-27-21-34(38)35(39)23-33(27)37(32(26)22-31(25)36)41(2,3)29-15-8-5-9-16-29/h4-6,8-13,15-23H,7,14H2,1-3H3,(H-,38,39)/p+1. The van der Waals surface area contributed by atoms with E-state index in [-0.39, 0.29) is 10.9 Å². The molecule has 1 aliphatic rings. The Labute approximate surface area is 257 Å². The zero-order valence-electron chi connectivity index (χ0n) is 23.6. The molecule has 1 aliphatic carbocycles. The maximum absolute atomic E-state index is 4.83. The van der Waals surface area contributed by atoms with E-state index in [1.807, 2.05) is 0 Å². The molecule has 6 aromatic carbocycles. The molecule has 0 fully saturated rings. The Morgan fingerprint density at radius 2 is 1.29 bits per heavy atom. The van der Waals surface area contributed by atoms with Crippen LogP contribution in [0.1, 0.15) is 12.8 Å². The molecular weight excluding hydrogens is 569 g/mol. The van der Waals surface area contributed by atoms with Crippen LogP contribution in [-0.4, -0.2) is 14.3 Å². The Morgan fingerprint density at radius 1 is 0.659 bits per heavy atom. The van der Waals surface area contributed by atoms with Crippen molar-refractivity contribution < 1.29 is 0 Å². The van der Waals surface area contributed by atoms with Crippen LogP contribution < -0.4 is 10.4 Å². The molecule has 0 spiro atoms. The monoisotopic (exact) mass is 601 g/mol. The highest BCUT2D eigenvalue weighted by Crippen LogP contribution is 2.40. The lowest BCUT2D eigenvalue weighted by Gasteiger charge is -2.28. The van der Waals surface area contributed by atoms with E-state index < -0.39 is 8.07 Å². The molecule has 0 bridgehead atoms. The van der Waals surface area contributed by atoms with Gasteiger partial charge in [0.1, 0.15) is 19.2 Å². The zero-order valence-corrected chi connectivity index (χ0v) is 27.2. The van der Waals surface area contributed by atoms with E-state index >= 15 is 0 Å². The van der Waals surface area contributed by atoms with E-state index in [1.54, 1.807) is 4.91 Å². The Morgan fingerprint density at radius 3 is 2.05 bits per heavy atom. The maximum atomic E-state index is 4.83. The van der Waals surface area contributed by atoms with Crippen molar-refractivity contribution in [3.8, 4) is 0 Å². The highest BCUT2D eigenvalue weighted by molar-refractivity contribution is 8.00. The normalized spacial score (nSPS) is 14.7. The van der Waals surface area contributed by atoms with Gasteiger partial charge in [-0.05, 0) is 92.5 Å². The molecule has 0 saturated heterocycles. The van der Waals surface area contributed by atoms with Crippen molar-refractivity contribution in [1.29, 1.82) is 0 Å². The predicted molar refractivity (Wildman–Crippen MR) is 192 cm³/mol. The van der Waals surface area contributed by atoms with Gasteiger partial charge in [0.05, 0.1) is 10.9 Å². The van der Waals surface area contributed by atoms with Crippen molar-refractivity contribution in [2.45, 2.75) is 40.6 Å². The highest BCUT2D eigenvalue weighted by Gasteiger charge is 2.32. The molecule has 41 heavy (non-hydrogen) atoms. The van der Waals surface area contributed by atoms with Crippen molar-refractivity contribution in [1.82, 2.24) is 0 Å². The minimum Gasteiger partial charge on any atom is -0.142 e. The van der Waals surface area contributed by atoms with Crippen LogP contribution >= 0.6 is 25.3 Å². The van der Waals surface area contributed by atoms with Gasteiger partial charge in [-0.3, -0.25) is 0 Å². The molecule has 0 nitrogen and oxygen atoms in total. The number of hydrogen-bond donors (Lipinski definition) is 2. The number of thiol groups is 2. The van der Waals surface area contributed by atoms with Gasteiger partial charge in [-0.25, -0.2) is 0 Å². The summed E-state index contributed by atoms with van der Waals surface area (Å²) in [5, 5.41) is 13.5. The fourth-order valence-electron chi connectivity index (χ4n) is 6.64. The van der Waals surface area contributed by atoms with Gasteiger partial charge in [-0.2, -0.15) is 0 Å². The van der Waals surface area contributed by atoms with Crippen molar-refractivity contribution in [3.05, 3.63) is 114 Å². The van der Waals surface area contributed by atoms with Crippen LogP contribution in [0.25, 0.3) is 43.1 Å². The average Bonchev–Trinajstić information content (AvgIpc) is 2.99. The first-order valence-electron chi connectivity index (χ1n) is 14.2. The molecule has 1 atom stereocenters. The molecule has 0 radical (unpaired) electrons. The maximum Gasteiger partial charge on any atom is 0.175 e. The minimum absolute atomic E-state index is 0.0106. The molecule has 0 heterocycles. The third-order valence-electron chi connectivity index (χ3n) is 8.77. The number of fused-ring (bicyclic) bond motifs is 4. The Hall–Kier alpha value is -2.89. The minimum atomic E-state index is -2.12. The van der Waals surface area contributed by atoms with E-state index in [4.69, 9.17) is 25.3 Å². The van der Waals surface area contributed by atoms with Gasteiger partial charge in [0, 0.05) is 27.0 Å².